The predicted molar refractivity (Wildman–Crippen MR) is 152 cm³/mol. The van der Waals surface area contributed by atoms with Crippen molar-refractivity contribution in [2.45, 2.75) is 55.9 Å². The van der Waals surface area contributed by atoms with Crippen LogP contribution in [0.3, 0.4) is 0 Å². The fourth-order valence-corrected chi connectivity index (χ4v) is 6.51. The van der Waals surface area contributed by atoms with E-state index in [2.05, 4.69) is 10.6 Å². The Kier molecular flexibility index (Phi) is 11.0. The van der Waals surface area contributed by atoms with E-state index in [9.17, 15) is 49.8 Å². The van der Waals surface area contributed by atoms with E-state index in [1.54, 1.807) is 0 Å². The number of nitrogens with one attached hydrogen (secondary N) is 2. The molecule has 8 N–H and O–H groups in total. The van der Waals surface area contributed by atoms with Gasteiger partial charge < -0.3 is 46.5 Å². The first-order chi connectivity index (χ1) is 20.1. The molecule has 0 spiro atoms. The molecule has 1 amide bonds. The van der Waals surface area contributed by atoms with Crippen molar-refractivity contribution in [1.82, 2.24) is 15.5 Å². The van der Waals surface area contributed by atoms with Gasteiger partial charge in [-0.3, -0.25) is 24.6 Å². The summed E-state index contributed by atoms with van der Waals surface area (Å²) in [6.45, 7) is 1.54. The molecule has 1 saturated carbocycles. The molecule has 0 aromatic heterocycles. The van der Waals surface area contributed by atoms with Crippen molar-refractivity contribution in [3.8, 4) is 5.75 Å². The Morgan fingerprint density at radius 2 is 1.84 bits per heavy atom. The zero-order valence-electron chi connectivity index (χ0n) is 24.8. The zero-order valence-corrected chi connectivity index (χ0v) is 27.0. The van der Waals surface area contributed by atoms with Gasteiger partial charge in [0.2, 0.25) is 0 Å². The number of ketones is 2. The second-order valence-electron chi connectivity index (χ2n) is 11.7. The van der Waals surface area contributed by atoms with Crippen LogP contribution in [0.5, 0.6) is 5.75 Å². The number of unbranched alkanes of at least 4 members (excludes halogenated alkanes) is 1. The summed E-state index contributed by atoms with van der Waals surface area (Å²) in [6, 6.07) is 1.73. The van der Waals surface area contributed by atoms with Crippen LogP contribution >= 0.6 is 0 Å². The Bertz CT molecular complexity index is 1420. The van der Waals surface area contributed by atoms with E-state index in [4.69, 9.17) is 5.73 Å². The Hall–Kier alpha value is -2.56. The van der Waals surface area contributed by atoms with E-state index in [0.29, 0.717) is 19.4 Å². The van der Waals surface area contributed by atoms with Crippen molar-refractivity contribution in [3.63, 3.8) is 0 Å². The molecule has 6 atom stereocenters. The van der Waals surface area contributed by atoms with Crippen molar-refractivity contribution in [3.05, 3.63) is 46.2 Å². The number of hydrogen-bond acceptors (Lipinski definition) is 13. The van der Waals surface area contributed by atoms with Crippen molar-refractivity contribution in [1.29, 1.82) is 0 Å². The second-order valence-corrected chi connectivity index (χ2v) is 11.7. The molecule has 0 bridgehead atoms. The largest absolute Gasteiger partial charge is 2.00 e. The average Bonchev–Trinajstić information content (AvgIpc) is 2.92. The number of nitrogens with zero attached hydrogens (tertiary/aromatic N) is 1. The number of phenols is 1. The molecule has 3 aliphatic rings. The van der Waals surface area contributed by atoms with E-state index in [0.717, 1.165) is 0 Å². The van der Waals surface area contributed by atoms with Crippen LogP contribution < -0.4 is 26.6 Å². The molecule has 3 aliphatic carbocycles. The third kappa shape index (κ3) is 5.89. The summed E-state index contributed by atoms with van der Waals surface area (Å²) in [5.41, 5.74) is -0.912. The quantitative estimate of drug-likeness (QED) is 0.0568. The molecule has 1 unspecified atom stereocenters. The molecular weight excluding hydrogens is 604 g/mol. The summed E-state index contributed by atoms with van der Waals surface area (Å²) in [7, 11) is 2.99. The van der Waals surface area contributed by atoms with E-state index < -0.39 is 87.0 Å². The topological polar surface area (TPSA) is 249 Å². The van der Waals surface area contributed by atoms with Crippen LogP contribution in [0.15, 0.2) is 35.1 Å². The minimum absolute atomic E-state index is 0. The third-order valence-corrected chi connectivity index (χ3v) is 8.78. The maximum atomic E-state index is 14.0. The monoisotopic (exact) mass is 640 g/mol. The number of benzene rings is 1. The standard InChI is InChI=1S/C29H38N4O10.Ca/c1-28(42)13-7-6-9-17(34)18(13)22(35)19-14(28)11-15-21(33(2)3)23(36)20(25(38)29(15,43)24(19)37)26(39)32-12-31-10-5-4-8-16(30)27(40)41;/h6-7,9,14-16,21,31,34-35,38,42-43H,4-5,8,10-12,30H2,1-3H3,(H,32,39)(H,40,41);/q;+2/p-2/t14-,15-,16?,21-,28+,29-;/m0./s1. The maximum Gasteiger partial charge on any atom is 2.00 e. The third-order valence-electron chi connectivity index (χ3n) is 8.78. The number of aliphatic carboxylic acids is 1. The predicted octanol–water partition coefficient (Wildman–Crippen LogP) is -3.52. The molecule has 44 heavy (non-hydrogen) atoms. The Labute approximate surface area is 283 Å². The minimum Gasteiger partial charge on any atom is -0.872 e. The average molecular weight is 641 g/mol. The number of fused-ring (bicyclic) bond motifs is 3. The Balaban J connectivity index is 0.00000529. The molecule has 1 fully saturated rings. The number of amides is 1. The summed E-state index contributed by atoms with van der Waals surface area (Å²) in [6.07, 6.45) is 0.907. The van der Waals surface area contributed by atoms with Gasteiger partial charge in [0.25, 0.3) is 5.91 Å². The van der Waals surface area contributed by atoms with Gasteiger partial charge in [-0.1, -0.05) is 24.3 Å². The number of aromatic hydroxyl groups is 1. The number of likely N-dealkylation sites (N-methyl/N-ethyl adjacent to an activating group) is 1. The summed E-state index contributed by atoms with van der Waals surface area (Å²) in [4.78, 5) is 52.9. The molecule has 15 heteroatoms. The zero-order chi connectivity index (χ0) is 32.0. The summed E-state index contributed by atoms with van der Waals surface area (Å²) in [5.74, 6) is -9.66. The maximum absolute atomic E-state index is 14.0. The molecule has 0 aliphatic heterocycles. The molecule has 14 nitrogen and oxygen atoms in total. The summed E-state index contributed by atoms with van der Waals surface area (Å²) < 4.78 is 0. The molecule has 1 aromatic carbocycles. The second kappa shape index (κ2) is 13.4. The summed E-state index contributed by atoms with van der Waals surface area (Å²) in [5, 5.41) is 74.7. The number of aliphatic hydroxyl groups excluding tert-OH is 1. The Morgan fingerprint density at radius 3 is 2.45 bits per heavy atom. The van der Waals surface area contributed by atoms with Crippen LogP contribution in [0.4, 0.5) is 0 Å². The summed E-state index contributed by atoms with van der Waals surface area (Å²) >= 11 is 0. The first-order valence-electron chi connectivity index (χ1n) is 13.9. The number of carbonyl (C=O) groups excluding carboxylic acids is 4. The van der Waals surface area contributed by atoms with E-state index in [-0.39, 0.29) is 68.4 Å². The molecular formula is C29H36CaN4O10. The van der Waals surface area contributed by atoms with Crippen LogP contribution in [-0.2, 0) is 24.8 Å². The van der Waals surface area contributed by atoms with Gasteiger partial charge in [-0.25, -0.2) is 0 Å². The van der Waals surface area contributed by atoms with Crippen LogP contribution in [0.1, 0.15) is 43.7 Å². The van der Waals surface area contributed by atoms with Crippen molar-refractivity contribution >= 4 is 66.9 Å². The van der Waals surface area contributed by atoms with Crippen LogP contribution in [-0.4, -0.2) is 132 Å². The molecule has 0 heterocycles. The number of hydrogen-bond donors (Lipinski definition) is 7. The van der Waals surface area contributed by atoms with Crippen molar-refractivity contribution in [2.75, 3.05) is 27.3 Å². The molecule has 4 rings (SSSR count). The van der Waals surface area contributed by atoms with Gasteiger partial charge in [0.15, 0.2) is 17.2 Å². The number of phenolic OH excluding ortho intramolecular Hbond substituents is 1. The van der Waals surface area contributed by atoms with Gasteiger partial charge in [-0.2, -0.15) is 0 Å². The van der Waals surface area contributed by atoms with Gasteiger partial charge in [-0.15, -0.1) is 0 Å². The van der Waals surface area contributed by atoms with Gasteiger partial charge in [0, 0.05) is 23.4 Å². The number of carbonyl (C=O) groups is 4. The minimum atomic E-state index is -2.85. The number of carboxylic acid groups (broad SMARTS) is 1. The number of carboxylic acids is 1. The number of Topliss-reactive ketones (excluding diaryl/α,β-unsaturated/α-hetero) is 2. The van der Waals surface area contributed by atoms with Crippen LogP contribution in [0.2, 0.25) is 0 Å². The first kappa shape index (κ1) is 35.9. The number of nitrogens with two attached hydrogens (primary N) is 1. The fourth-order valence-electron chi connectivity index (χ4n) is 6.51. The normalized spacial score (nSPS) is 28.6. The van der Waals surface area contributed by atoms with Gasteiger partial charge in [0.05, 0.1) is 24.3 Å². The number of aliphatic hydroxyl groups is 3. The van der Waals surface area contributed by atoms with Crippen molar-refractivity contribution < 1.29 is 49.8 Å². The van der Waals surface area contributed by atoms with Gasteiger partial charge >= 0.3 is 37.7 Å². The Morgan fingerprint density at radius 1 is 1.18 bits per heavy atom. The molecule has 0 radical (unpaired) electrons. The molecule has 234 valence electrons. The SMILES string of the molecule is CN(C)[C@@H]1C(=O)C(C(=O)NCNCCCCC(N)C(=O)[O-])=C(O)[C@@]2(O)C(=O)C3=C([O-])c4c(O)cccc4[C@@](C)(O)[C@H]3C[C@@H]12.[Ca+2]. The van der Waals surface area contributed by atoms with E-state index in [1.165, 1.54) is 44.1 Å². The van der Waals surface area contributed by atoms with Gasteiger partial charge in [0.1, 0.15) is 17.1 Å². The smallest absolute Gasteiger partial charge is 0.872 e. The van der Waals surface area contributed by atoms with E-state index in [1.807, 2.05) is 0 Å². The van der Waals surface area contributed by atoms with E-state index >= 15 is 0 Å². The van der Waals surface area contributed by atoms with Crippen LogP contribution in [0, 0.1) is 11.8 Å². The first-order valence-corrected chi connectivity index (χ1v) is 13.9. The molecule has 1 aromatic rings. The molecule has 0 saturated heterocycles. The van der Waals surface area contributed by atoms with Crippen molar-refractivity contribution in [2.24, 2.45) is 17.6 Å². The van der Waals surface area contributed by atoms with Crippen LogP contribution in [0.25, 0.3) is 5.76 Å². The fraction of sp³-hybridized carbons (Fsp3) is 0.517. The number of rotatable bonds is 10. The van der Waals surface area contributed by atoms with Gasteiger partial charge in [-0.05, 0) is 64.0 Å².